The van der Waals surface area contributed by atoms with Gasteiger partial charge in [-0.2, -0.15) is 0 Å². The molecular weight excluding hydrogens is 302 g/mol. The van der Waals surface area contributed by atoms with Crippen LogP contribution in [0.1, 0.15) is 46.9 Å². The number of amides is 2. The smallest absolute Gasteiger partial charge is 0.253 e. The molecule has 2 aliphatic rings. The van der Waals surface area contributed by atoms with Gasteiger partial charge < -0.3 is 15.1 Å². The summed E-state index contributed by atoms with van der Waals surface area (Å²) in [7, 11) is 1.77. The Morgan fingerprint density at radius 2 is 1.92 bits per heavy atom. The molecule has 0 bridgehead atoms. The number of carbonyl (C=O) groups is 2. The number of rotatable bonds is 3. The number of piperidine rings is 1. The number of hydrogen-bond donors (Lipinski definition) is 1. The second kappa shape index (κ2) is 6.93. The van der Waals surface area contributed by atoms with E-state index in [1.165, 1.54) is 6.42 Å². The maximum atomic E-state index is 12.8. The van der Waals surface area contributed by atoms with E-state index in [-0.39, 0.29) is 11.8 Å². The highest BCUT2D eigenvalue weighted by atomic mass is 16.2. The molecule has 0 radical (unpaired) electrons. The highest BCUT2D eigenvalue weighted by Gasteiger charge is 2.38. The van der Waals surface area contributed by atoms with Crippen molar-refractivity contribution < 1.29 is 9.59 Å². The van der Waals surface area contributed by atoms with E-state index in [0.29, 0.717) is 23.1 Å². The zero-order valence-corrected chi connectivity index (χ0v) is 14.7. The second-order valence-corrected chi connectivity index (χ2v) is 7.12. The second-order valence-electron chi connectivity index (χ2n) is 7.12. The molecule has 130 valence electrons. The summed E-state index contributed by atoms with van der Waals surface area (Å²) in [4.78, 5) is 28.7. The lowest BCUT2D eigenvalue weighted by Crippen LogP contribution is -2.44. The molecule has 24 heavy (non-hydrogen) atoms. The van der Waals surface area contributed by atoms with Crippen molar-refractivity contribution >= 4 is 11.8 Å². The standard InChI is InChI=1S/C19H27N3O2/c1-3-21(2)17(23)15-5-4-6-16(13-15)18(24)22-11-8-19(9-12-22)7-10-20-14-19/h4-6,13,20H,3,7-12,14H2,1-2H3. The Labute approximate surface area is 144 Å². The molecule has 3 rings (SSSR count). The van der Waals surface area contributed by atoms with Gasteiger partial charge in [-0.15, -0.1) is 0 Å². The average molecular weight is 329 g/mol. The van der Waals surface area contributed by atoms with Crippen LogP contribution < -0.4 is 5.32 Å². The molecule has 1 aromatic carbocycles. The van der Waals surface area contributed by atoms with Gasteiger partial charge in [-0.05, 0) is 56.3 Å². The van der Waals surface area contributed by atoms with Gasteiger partial charge in [-0.25, -0.2) is 0 Å². The third-order valence-corrected chi connectivity index (χ3v) is 5.62. The number of nitrogens with zero attached hydrogens (tertiary/aromatic N) is 2. The Bertz CT molecular complexity index is 613. The Hall–Kier alpha value is -1.88. The van der Waals surface area contributed by atoms with E-state index in [1.807, 2.05) is 17.9 Å². The van der Waals surface area contributed by atoms with Gasteiger partial charge in [0.15, 0.2) is 0 Å². The summed E-state index contributed by atoms with van der Waals surface area (Å²) in [6.45, 7) is 6.40. The van der Waals surface area contributed by atoms with Gasteiger partial charge in [-0.1, -0.05) is 6.07 Å². The van der Waals surface area contributed by atoms with E-state index < -0.39 is 0 Å². The van der Waals surface area contributed by atoms with Crippen molar-refractivity contribution in [1.82, 2.24) is 15.1 Å². The van der Waals surface area contributed by atoms with Crippen molar-refractivity contribution in [1.29, 1.82) is 0 Å². The van der Waals surface area contributed by atoms with E-state index in [4.69, 9.17) is 0 Å². The summed E-state index contributed by atoms with van der Waals surface area (Å²) in [5.41, 5.74) is 1.60. The maximum Gasteiger partial charge on any atom is 0.253 e. The quantitative estimate of drug-likeness (QED) is 0.923. The lowest BCUT2D eigenvalue weighted by atomic mass is 9.78. The van der Waals surface area contributed by atoms with Gasteiger partial charge in [0.05, 0.1) is 0 Å². The van der Waals surface area contributed by atoms with Gasteiger partial charge in [0, 0.05) is 44.4 Å². The first-order chi connectivity index (χ1) is 11.5. The van der Waals surface area contributed by atoms with Crippen LogP contribution in [0, 0.1) is 5.41 Å². The number of nitrogens with one attached hydrogen (secondary N) is 1. The lowest BCUT2D eigenvalue weighted by Gasteiger charge is -2.39. The molecule has 2 fully saturated rings. The molecule has 2 heterocycles. The van der Waals surface area contributed by atoms with Crippen LogP contribution >= 0.6 is 0 Å². The molecule has 5 nitrogen and oxygen atoms in total. The molecule has 1 N–H and O–H groups in total. The van der Waals surface area contributed by atoms with Crippen molar-refractivity contribution in [3.63, 3.8) is 0 Å². The lowest BCUT2D eigenvalue weighted by molar-refractivity contribution is 0.0607. The number of likely N-dealkylation sites (tertiary alicyclic amines) is 1. The minimum absolute atomic E-state index is 0.0400. The number of carbonyl (C=O) groups excluding carboxylic acids is 2. The molecule has 1 aromatic rings. The minimum Gasteiger partial charge on any atom is -0.342 e. The van der Waals surface area contributed by atoms with Gasteiger partial charge in [0.2, 0.25) is 0 Å². The van der Waals surface area contributed by atoms with Crippen LogP contribution in [0.4, 0.5) is 0 Å². The summed E-state index contributed by atoms with van der Waals surface area (Å²) in [6, 6.07) is 7.13. The van der Waals surface area contributed by atoms with Crippen LogP contribution in [0.25, 0.3) is 0 Å². The van der Waals surface area contributed by atoms with Crippen LogP contribution in [0.3, 0.4) is 0 Å². The molecule has 0 aliphatic carbocycles. The van der Waals surface area contributed by atoms with Crippen LogP contribution in [-0.2, 0) is 0 Å². The Morgan fingerprint density at radius 3 is 2.54 bits per heavy atom. The van der Waals surface area contributed by atoms with Crippen molar-refractivity contribution in [2.75, 3.05) is 39.8 Å². The Kier molecular flexibility index (Phi) is 4.90. The first-order valence-corrected chi connectivity index (χ1v) is 8.90. The SMILES string of the molecule is CCN(C)C(=O)c1cccc(C(=O)N2CCC3(CCNC3)CC2)c1. The van der Waals surface area contributed by atoms with E-state index in [1.54, 1.807) is 30.1 Å². The van der Waals surface area contributed by atoms with Crippen LogP contribution in [-0.4, -0.2) is 61.4 Å². The van der Waals surface area contributed by atoms with E-state index >= 15 is 0 Å². The Morgan fingerprint density at radius 1 is 1.21 bits per heavy atom. The largest absolute Gasteiger partial charge is 0.342 e. The highest BCUT2D eigenvalue weighted by molar-refractivity contribution is 5.99. The third-order valence-electron chi connectivity index (χ3n) is 5.62. The fraction of sp³-hybridized carbons (Fsp3) is 0.579. The predicted molar refractivity (Wildman–Crippen MR) is 94.1 cm³/mol. The molecule has 0 atom stereocenters. The van der Waals surface area contributed by atoms with E-state index in [2.05, 4.69) is 5.32 Å². The van der Waals surface area contributed by atoms with Crippen molar-refractivity contribution in [3.8, 4) is 0 Å². The molecule has 0 saturated carbocycles. The van der Waals surface area contributed by atoms with Crippen molar-refractivity contribution in [2.24, 2.45) is 5.41 Å². The molecule has 2 aliphatic heterocycles. The fourth-order valence-corrected chi connectivity index (χ4v) is 3.74. The van der Waals surface area contributed by atoms with Gasteiger partial charge in [-0.3, -0.25) is 9.59 Å². The molecular formula is C19H27N3O2. The maximum absolute atomic E-state index is 12.8. The summed E-state index contributed by atoms with van der Waals surface area (Å²) in [6.07, 6.45) is 3.37. The molecule has 1 spiro atoms. The summed E-state index contributed by atoms with van der Waals surface area (Å²) in [5.74, 6) is 0.00591. The zero-order valence-electron chi connectivity index (χ0n) is 14.7. The fourth-order valence-electron chi connectivity index (χ4n) is 3.74. The monoisotopic (exact) mass is 329 g/mol. The molecule has 5 heteroatoms. The van der Waals surface area contributed by atoms with Crippen LogP contribution in [0.2, 0.25) is 0 Å². The first kappa shape index (κ1) is 17.0. The van der Waals surface area contributed by atoms with Crippen molar-refractivity contribution in [3.05, 3.63) is 35.4 Å². The summed E-state index contributed by atoms with van der Waals surface area (Å²) in [5, 5.41) is 3.45. The molecule has 2 amide bonds. The summed E-state index contributed by atoms with van der Waals surface area (Å²) < 4.78 is 0. The van der Waals surface area contributed by atoms with Gasteiger partial charge >= 0.3 is 0 Å². The van der Waals surface area contributed by atoms with E-state index in [0.717, 1.165) is 39.0 Å². The third kappa shape index (κ3) is 3.31. The summed E-state index contributed by atoms with van der Waals surface area (Å²) >= 11 is 0. The molecule has 2 saturated heterocycles. The topological polar surface area (TPSA) is 52.7 Å². The van der Waals surface area contributed by atoms with Gasteiger partial charge in [0.25, 0.3) is 11.8 Å². The highest BCUT2D eigenvalue weighted by Crippen LogP contribution is 2.37. The zero-order chi connectivity index (χ0) is 17.2. The van der Waals surface area contributed by atoms with Crippen LogP contribution in [0.15, 0.2) is 24.3 Å². The molecule has 0 aromatic heterocycles. The first-order valence-electron chi connectivity index (χ1n) is 8.90. The predicted octanol–water partition coefficient (Wildman–Crippen LogP) is 1.99. The average Bonchev–Trinajstić information content (AvgIpc) is 3.08. The Balaban J connectivity index is 1.68. The van der Waals surface area contributed by atoms with E-state index in [9.17, 15) is 9.59 Å². The number of benzene rings is 1. The normalized spacial score (nSPS) is 19.5. The number of hydrogen-bond acceptors (Lipinski definition) is 3. The van der Waals surface area contributed by atoms with Crippen molar-refractivity contribution in [2.45, 2.75) is 26.2 Å². The molecule has 0 unspecified atom stereocenters. The van der Waals surface area contributed by atoms with Crippen LogP contribution in [0.5, 0.6) is 0 Å². The van der Waals surface area contributed by atoms with Gasteiger partial charge in [0.1, 0.15) is 0 Å². The minimum atomic E-state index is -0.0400.